The van der Waals surface area contributed by atoms with Crippen LogP contribution in [-0.4, -0.2) is 45.0 Å². The van der Waals surface area contributed by atoms with E-state index in [1.54, 1.807) is 0 Å². The Balaban J connectivity index is 0.00000162. The summed E-state index contributed by atoms with van der Waals surface area (Å²) in [6.45, 7) is 1.69. The summed E-state index contributed by atoms with van der Waals surface area (Å²) >= 11 is 0. The molecule has 0 radical (unpaired) electrons. The average molecular weight is 297 g/mol. The molecule has 0 aromatic heterocycles. The maximum Gasteiger partial charge on any atom is 0.224 e. The van der Waals surface area contributed by atoms with Crippen molar-refractivity contribution in [2.45, 2.75) is 31.7 Å². The van der Waals surface area contributed by atoms with Crippen molar-refractivity contribution in [2.24, 2.45) is 5.92 Å². The summed E-state index contributed by atoms with van der Waals surface area (Å²) in [4.78, 5) is 11.9. The van der Waals surface area contributed by atoms with Gasteiger partial charge < -0.3 is 10.6 Å². The van der Waals surface area contributed by atoms with Gasteiger partial charge in [0.1, 0.15) is 0 Å². The van der Waals surface area contributed by atoms with Gasteiger partial charge in [0.05, 0.1) is 17.4 Å². The molecule has 0 saturated carbocycles. The largest absolute Gasteiger partial charge is 0.352 e. The molecule has 2 saturated heterocycles. The van der Waals surface area contributed by atoms with Crippen molar-refractivity contribution < 1.29 is 13.2 Å². The second-order valence-corrected chi connectivity index (χ2v) is 7.23. The third kappa shape index (κ3) is 4.40. The molecule has 0 bridgehead atoms. The van der Waals surface area contributed by atoms with Gasteiger partial charge in [0.15, 0.2) is 9.84 Å². The fourth-order valence-electron chi connectivity index (χ4n) is 2.53. The predicted octanol–water partition coefficient (Wildman–Crippen LogP) is 0.101. The van der Waals surface area contributed by atoms with Crippen molar-refractivity contribution in [2.75, 3.05) is 24.6 Å². The minimum Gasteiger partial charge on any atom is -0.352 e. The van der Waals surface area contributed by atoms with Crippen LogP contribution in [0.5, 0.6) is 0 Å². The topological polar surface area (TPSA) is 75.3 Å². The highest BCUT2D eigenvalue weighted by Gasteiger charge is 2.28. The Labute approximate surface area is 114 Å². The number of hydrogen-bond acceptors (Lipinski definition) is 4. The van der Waals surface area contributed by atoms with E-state index in [1.807, 2.05) is 0 Å². The summed E-state index contributed by atoms with van der Waals surface area (Å²) in [7, 11) is -2.94. The molecule has 0 spiro atoms. The van der Waals surface area contributed by atoms with Gasteiger partial charge in [-0.15, -0.1) is 12.4 Å². The third-order valence-electron chi connectivity index (χ3n) is 3.48. The van der Waals surface area contributed by atoms with E-state index < -0.39 is 9.84 Å². The van der Waals surface area contributed by atoms with Crippen LogP contribution in [0, 0.1) is 5.92 Å². The summed E-state index contributed by atoms with van der Waals surface area (Å²) < 4.78 is 22.9. The van der Waals surface area contributed by atoms with Crippen molar-refractivity contribution in [3.8, 4) is 0 Å². The summed E-state index contributed by atoms with van der Waals surface area (Å²) in [5.74, 6) is 0.399. The van der Waals surface area contributed by atoms with Crippen LogP contribution < -0.4 is 10.6 Å². The van der Waals surface area contributed by atoms with Gasteiger partial charge in [-0.1, -0.05) is 0 Å². The van der Waals surface area contributed by atoms with Crippen molar-refractivity contribution in [1.82, 2.24) is 10.6 Å². The van der Waals surface area contributed by atoms with Gasteiger partial charge in [-0.2, -0.15) is 0 Å². The Morgan fingerprint density at radius 2 is 2.00 bits per heavy atom. The second-order valence-electron chi connectivity index (χ2n) is 5.01. The first kappa shape index (κ1) is 15.7. The Bertz CT molecular complexity index is 380. The third-order valence-corrected chi connectivity index (χ3v) is 5.30. The molecule has 2 unspecified atom stereocenters. The zero-order valence-electron chi connectivity index (χ0n) is 10.4. The van der Waals surface area contributed by atoms with Crippen LogP contribution in [0.15, 0.2) is 0 Å². The van der Waals surface area contributed by atoms with Gasteiger partial charge in [0.2, 0.25) is 5.91 Å². The van der Waals surface area contributed by atoms with Gasteiger partial charge >= 0.3 is 0 Å². The molecule has 7 heteroatoms. The molecule has 0 aromatic carbocycles. The second kappa shape index (κ2) is 6.73. The summed E-state index contributed by atoms with van der Waals surface area (Å²) in [5.41, 5.74) is 0. The lowest BCUT2D eigenvalue weighted by Crippen LogP contribution is -2.48. The number of carbonyl (C=O) groups excluding carboxylic acids is 1. The molecule has 2 aliphatic rings. The van der Waals surface area contributed by atoms with Crippen molar-refractivity contribution in [3.63, 3.8) is 0 Å². The molecule has 2 aliphatic heterocycles. The molecule has 2 heterocycles. The molecule has 2 atom stereocenters. The SMILES string of the molecule is Cl.O=C(NC1CCCS(=O)(=O)C1)C1CCCNC1. The molecule has 106 valence electrons. The Kier molecular flexibility index (Phi) is 5.88. The summed E-state index contributed by atoms with van der Waals surface area (Å²) in [6.07, 6.45) is 3.36. The number of piperidine rings is 1. The fourth-order valence-corrected chi connectivity index (χ4v) is 4.17. The van der Waals surface area contributed by atoms with E-state index in [1.165, 1.54) is 0 Å². The van der Waals surface area contributed by atoms with E-state index in [0.717, 1.165) is 25.8 Å². The predicted molar refractivity (Wildman–Crippen MR) is 72.7 cm³/mol. The van der Waals surface area contributed by atoms with Gasteiger partial charge in [0.25, 0.3) is 0 Å². The number of amides is 1. The number of sulfone groups is 1. The number of carbonyl (C=O) groups is 1. The molecular weight excluding hydrogens is 276 g/mol. The zero-order valence-corrected chi connectivity index (χ0v) is 12.0. The highest BCUT2D eigenvalue weighted by Crippen LogP contribution is 2.14. The molecule has 5 nitrogen and oxygen atoms in total. The van der Waals surface area contributed by atoms with Crippen LogP contribution >= 0.6 is 12.4 Å². The molecule has 2 N–H and O–H groups in total. The zero-order chi connectivity index (χ0) is 12.3. The van der Waals surface area contributed by atoms with Crippen molar-refractivity contribution in [1.29, 1.82) is 0 Å². The lowest BCUT2D eigenvalue weighted by Gasteiger charge is -2.27. The maximum absolute atomic E-state index is 11.9. The maximum atomic E-state index is 11.9. The molecule has 0 aliphatic carbocycles. The van der Waals surface area contributed by atoms with E-state index in [-0.39, 0.29) is 41.8 Å². The molecule has 0 aromatic rings. The first-order valence-corrected chi connectivity index (χ1v) is 8.10. The lowest BCUT2D eigenvalue weighted by atomic mass is 9.98. The van der Waals surface area contributed by atoms with Crippen molar-refractivity contribution >= 4 is 28.2 Å². The van der Waals surface area contributed by atoms with E-state index in [2.05, 4.69) is 10.6 Å². The number of halogens is 1. The Morgan fingerprint density at radius 3 is 2.61 bits per heavy atom. The van der Waals surface area contributed by atoms with Crippen LogP contribution in [0.2, 0.25) is 0 Å². The standard InChI is InChI=1S/C11H20N2O3S.ClH/c14-11(9-3-1-5-12-7-9)13-10-4-2-6-17(15,16)8-10;/h9-10,12H,1-8H2,(H,13,14);1H. The fraction of sp³-hybridized carbons (Fsp3) is 0.909. The molecular formula is C11H21ClN2O3S. The van der Waals surface area contributed by atoms with Gasteiger partial charge in [-0.3, -0.25) is 4.79 Å². The average Bonchev–Trinajstić information content (AvgIpc) is 2.29. The minimum absolute atomic E-state index is 0. The van der Waals surface area contributed by atoms with Gasteiger partial charge in [0, 0.05) is 12.6 Å². The first-order valence-electron chi connectivity index (χ1n) is 6.28. The van der Waals surface area contributed by atoms with Gasteiger partial charge in [-0.05, 0) is 32.2 Å². The number of hydrogen-bond donors (Lipinski definition) is 2. The van der Waals surface area contributed by atoms with Crippen LogP contribution in [0.4, 0.5) is 0 Å². The van der Waals surface area contributed by atoms with Crippen LogP contribution in [-0.2, 0) is 14.6 Å². The van der Waals surface area contributed by atoms with Crippen LogP contribution in [0.3, 0.4) is 0 Å². The van der Waals surface area contributed by atoms with E-state index in [4.69, 9.17) is 0 Å². The number of rotatable bonds is 2. The van der Waals surface area contributed by atoms with E-state index >= 15 is 0 Å². The Morgan fingerprint density at radius 1 is 1.22 bits per heavy atom. The summed E-state index contributed by atoms with van der Waals surface area (Å²) in [6, 6.07) is -0.178. The van der Waals surface area contributed by atoms with Crippen molar-refractivity contribution in [3.05, 3.63) is 0 Å². The Hall–Kier alpha value is -0.330. The highest BCUT2D eigenvalue weighted by molar-refractivity contribution is 7.91. The number of nitrogens with one attached hydrogen (secondary N) is 2. The quantitative estimate of drug-likeness (QED) is 0.758. The van der Waals surface area contributed by atoms with Crippen LogP contribution in [0.25, 0.3) is 0 Å². The summed E-state index contributed by atoms with van der Waals surface area (Å²) in [5, 5.41) is 6.08. The molecule has 2 rings (SSSR count). The first-order chi connectivity index (χ1) is 8.07. The molecule has 2 fully saturated rings. The minimum atomic E-state index is -2.94. The van der Waals surface area contributed by atoms with Crippen LogP contribution in [0.1, 0.15) is 25.7 Å². The van der Waals surface area contributed by atoms with E-state index in [9.17, 15) is 13.2 Å². The monoisotopic (exact) mass is 296 g/mol. The molecule has 1 amide bonds. The lowest BCUT2D eigenvalue weighted by molar-refractivity contribution is -0.126. The molecule has 18 heavy (non-hydrogen) atoms. The van der Waals surface area contributed by atoms with Gasteiger partial charge in [-0.25, -0.2) is 8.42 Å². The smallest absolute Gasteiger partial charge is 0.224 e. The normalized spacial score (nSPS) is 31.1. The van der Waals surface area contributed by atoms with E-state index in [0.29, 0.717) is 13.0 Å². The highest BCUT2D eigenvalue weighted by atomic mass is 35.5.